The van der Waals surface area contributed by atoms with Crippen LogP contribution in [0.2, 0.25) is 0 Å². The zero-order valence-electron chi connectivity index (χ0n) is 21.5. The molecule has 7 heteroatoms. The molecule has 190 valence electrons. The summed E-state index contributed by atoms with van der Waals surface area (Å²) in [5, 5.41) is 12.5. The van der Waals surface area contributed by atoms with Crippen LogP contribution in [0.1, 0.15) is 56.5 Å². The van der Waals surface area contributed by atoms with Gasteiger partial charge in [-0.1, -0.05) is 57.2 Å². The Balaban J connectivity index is 1.78. The molecule has 1 atom stereocenters. The van der Waals surface area contributed by atoms with Gasteiger partial charge in [-0.25, -0.2) is 4.98 Å². The number of benzene rings is 2. The van der Waals surface area contributed by atoms with Crippen LogP contribution in [0.3, 0.4) is 0 Å². The van der Waals surface area contributed by atoms with Crippen molar-refractivity contribution in [2.45, 2.75) is 52.0 Å². The molecule has 37 heavy (non-hydrogen) atoms. The fourth-order valence-electron chi connectivity index (χ4n) is 4.35. The molecule has 7 nitrogen and oxygen atoms in total. The van der Waals surface area contributed by atoms with Crippen molar-refractivity contribution in [1.29, 1.82) is 0 Å². The Morgan fingerprint density at radius 3 is 2.46 bits per heavy atom. The maximum atomic E-state index is 13.1. The number of carbonyl (C=O) groups excluding carboxylic acids is 1. The third-order valence-corrected chi connectivity index (χ3v) is 6.71. The van der Waals surface area contributed by atoms with Gasteiger partial charge in [0.2, 0.25) is 5.43 Å². The van der Waals surface area contributed by atoms with Crippen molar-refractivity contribution in [2.75, 3.05) is 0 Å². The van der Waals surface area contributed by atoms with E-state index in [2.05, 4.69) is 10.3 Å². The van der Waals surface area contributed by atoms with Gasteiger partial charge in [-0.05, 0) is 54.3 Å². The van der Waals surface area contributed by atoms with Crippen LogP contribution in [-0.4, -0.2) is 32.6 Å². The van der Waals surface area contributed by atoms with Gasteiger partial charge in [0.1, 0.15) is 11.2 Å². The van der Waals surface area contributed by atoms with Gasteiger partial charge in [0.05, 0.1) is 11.8 Å². The minimum atomic E-state index is -0.832. The maximum absolute atomic E-state index is 13.1. The van der Waals surface area contributed by atoms with E-state index in [1.54, 1.807) is 29.1 Å². The molecule has 1 unspecified atom stereocenters. The van der Waals surface area contributed by atoms with Crippen molar-refractivity contribution in [3.8, 4) is 16.8 Å². The number of carbonyl (C=O) groups is 2. The van der Waals surface area contributed by atoms with Gasteiger partial charge in [-0.15, -0.1) is 0 Å². The highest BCUT2D eigenvalue weighted by atomic mass is 16.4. The fourth-order valence-corrected chi connectivity index (χ4v) is 4.35. The van der Waals surface area contributed by atoms with Crippen LogP contribution >= 0.6 is 0 Å². The molecular weight excluding hydrogens is 466 g/mol. The second kappa shape index (κ2) is 10.4. The van der Waals surface area contributed by atoms with Crippen LogP contribution in [0.15, 0.2) is 77.9 Å². The zero-order chi connectivity index (χ0) is 26.7. The maximum Gasteiger partial charge on any atom is 0.304 e. The Labute approximate surface area is 215 Å². The van der Waals surface area contributed by atoms with Crippen molar-refractivity contribution in [2.24, 2.45) is 0 Å². The normalized spacial score (nSPS) is 12.3. The lowest BCUT2D eigenvalue weighted by molar-refractivity contribution is -0.138. The molecule has 2 aromatic heterocycles. The van der Waals surface area contributed by atoms with E-state index < -0.39 is 17.3 Å². The Bertz CT molecular complexity index is 1520. The van der Waals surface area contributed by atoms with Crippen molar-refractivity contribution < 1.29 is 14.7 Å². The smallest absolute Gasteiger partial charge is 0.304 e. The van der Waals surface area contributed by atoms with Crippen LogP contribution in [0, 0.1) is 0 Å². The number of aromatic nitrogens is 2. The number of rotatable bonds is 8. The Kier molecular flexibility index (Phi) is 7.25. The molecule has 0 spiro atoms. The second-order valence-electron chi connectivity index (χ2n) is 9.98. The van der Waals surface area contributed by atoms with E-state index in [-0.39, 0.29) is 23.5 Å². The third kappa shape index (κ3) is 5.45. The lowest BCUT2D eigenvalue weighted by Crippen LogP contribution is -2.35. The number of carboxylic acid groups (broad SMARTS) is 1. The van der Waals surface area contributed by atoms with E-state index in [1.807, 2.05) is 76.2 Å². The van der Waals surface area contributed by atoms with Crippen molar-refractivity contribution >= 4 is 22.9 Å². The summed E-state index contributed by atoms with van der Waals surface area (Å²) in [6.07, 6.45) is 3.98. The first-order valence-corrected chi connectivity index (χ1v) is 12.3. The Morgan fingerprint density at radius 1 is 1.05 bits per heavy atom. The molecule has 2 aromatic carbocycles. The molecule has 0 radical (unpaired) electrons. The molecule has 0 fully saturated rings. The quantitative estimate of drug-likeness (QED) is 0.342. The summed E-state index contributed by atoms with van der Waals surface area (Å²) in [6.45, 7) is 7.70. The van der Waals surface area contributed by atoms with E-state index in [9.17, 15) is 19.5 Å². The van der Waals surface area contributed by atoms with Crippen LogP contribution in [-0.2, 0) is 10.2 Å². The molecule has 1 amide bonds. The number of aliphatic carboxylic acids is 1. The highest BCUT2D eigenvalue weighted by molar-refractivity contribution is 5.97. The number of nitrogens with zero attached hydrogens (tertiary/aromatic N) is 2. The molecule has 4 aromatic rings. The van der Waals surface area contributed by atoms with Crippen molar-refractivity contribution in [3.05, 3.63) is 94.4 Å². The summed E-state index contributed by atoms with van der Waals surface area (Å²) in [4.78, 5) is 41.8. The summed E-state index contributed by atoms with van der Waals surface area (Å²) >= 11 is 0. The highest BCUT2D eigenvalue weighted by Crippen LogP contribution is 2.30. The minimum Gasteiger partial charge on any atom is -0.481 e. The van der Waals surface area contributed by atoms with Crippen molar-refractivity contribution in [1.82, 2.24) is 14.9 Å². The van der Waals surface area contributed by atoms with Crippen LogP contribution in [0.25, 0.3) is 27.8 Å². The average Bonchev–Trinajstić information content (AvgIpc) is 2.88. The van der Waals surface area contributed by atoms with E-state index in [0.29, 0.717) is 11.0 Å². The molecule has 2 N–H and O–H groups in total. The predicted molar refractivity (Wildman–Crippen MR) is 145 cm³/mol. The van der Waals surface area contributed by atoms with Gasteiger partial charge in [0, 0.05) is 29.5 Å². The molecule has 4 rings (SSSR count). The van der Waals surface area contributed by atoms with E-state index in [0.717, 1.165) is 28.8 Å². The van der Waals surface area contributed by atoms with Gasteiger partial charge in [-0.3, -0.25) is 14.4 Å². The standard InChI is InChI=1S/C30H31N3O4/c1-5-19(2)32-29(37)25-18-33(28-24(27(25)36)10-7-15-31-28)23-9-6-8-21(16-23)20-11-13-22(14-12-20)30(3,4)17-26(34)35/h6-16,18-19H,5,17H2,1-4H3,(H,32,37)(H,34,35). The number of pyridine rings is 2. The lowest BCUT2D eigenvalue weighted by Gasteiger charge is -2.23. The van der Waals surface area contributed by atoms with Gasteiger partial charge in [-0.2, -0.15) is 0 Å². The molecule has 0 saturated carbocycles. The summed E-state index contributed by atoms with van der Waals surface area (Å²) in [6, 6.07) is 19.0. The summed E-state index contributed by atoms with van der Waals surface area (Å²) < 4.78 is 1.77. The van der Waals surface area contributed by atoms with Gasteiger partial charge in [0.15, 0.2) is 0 Å². The first kappa shape index (κ1) is 25.8. The Morgan fingerprint density at radius 2 is 1.78 bits per heavy atom. The number of amides is 1. The van der Waals surface area contributed by atoms with E-state index in [1.165, 1.54) is 0 Å². The largest absolute Gasteiger partial charge is 0.481 e. The number of carboxylic acids is 1. The SMILES string of the molecule is CCC(C)NC(=O)c1cn(-c2cccc(-c3ccc(C(C)(C)CC(=O)O)cc3)c2)c2ncccc2c1=O. The molecule has 0 aliphatic rings. The van der Waals surface area contributed by atoms with Gasteiger partial charge < -0.3 is 15.0 Å². The number of nitrogens with one attached hydrogen (secondary N) is 1. The number of hydrogen-bond acceptors (Lipinski definition) is 4. The molecule has 2 heterocycles. The van der Waals surface area contributed by atoms with Gasteiger partial charge in [0.25, 0.3) is 5.91 Å². The predicted octanol–water partition coefficient (Wildman–Crippen LogP) is 5.33. The second-order valence-corrected chi connectivity index (χ2v) is 9.98. The minimum absolute atomic E-state index is 0.0429. The van der Waals surface area contributed by atoms with Crippen LogP contribution in [0.5, 0.6) is 0 Å². The monoisotopic (exact) mass is 497 g/mol. The fraction of sp³-hybridized carbons (Fsp3) is 0.267. The summed E-state index contributed by atoms with van der Waals surface area (Å²) in [5.74, 6) is -1.24. The molecule has 0 saturated heterocycles. The molecule has 0 aliphatic heterocycles. The van der Waals surface area contributed by atoms with E-state index >= 15 is 0 Å². The zero-order valence-corrected chi connectivity index (χ0v) is 21.5. The first-order chi connectivity index (χ1) is 17.6. The molecule has 0 bridgehead atoms. The van der Waals surface area contributed by atoms with Crippen LogP contribution in [0.4, 0.5) is 0 Å². The van der Waals surface area contributed by atoms with E-state index in [4.69, 9.17) is 0 Å². The number of fused-ring (bicyclic) bond motifs is 1. The molecule has 0 aliphatic carbocycles. The summed E-state index contributed by atoms with van der Waals surface area (Å²) in [5.41, 5.74) is 3.30. The van der Waals surface area contributed by atoms with Gasteiger partial charge >= 0.3 is 5.97 Å². The van der Waals surface area contributed by atoms with Crippen molar-refractivity contribution in [3.63, 3.8) is 0 Å². The first-order valence-electron chi connectivity index (χ1n) is 12.3. The summed E-state index contributed by atoms with van der Waals surface area (Å²) in [7, 11) is 0. The lowest BCUT2D eigenvalue weighted by atomic mass is 9.81. The highest BCUT2D eigenvalue weighted by Gasteiger charge is 2.24. The molecular formula is C30H31N3O4. The topological polar surface area (TPSA) is 101 Å². The van der Waals surface area contributed by atoms with Crippen LogP contribution < -0.4 is 10.7 Å². The number of hydrogen-bond donors (Lipinski definition) is 2. The Hall–Kier alpha value is -4.26. The average molecular weight is 498 g/mol. The third-order valence-electron chi connectivity index (χ3n) is 6.71.